The van der Waals surface area contributed by atoms with E-state index in [0.29, 0.717) is 0 Å². The van der Waals surface area contributed by atoms with Crippen LogP contribution in [0.5, 0.6) is 0 Å². The molecule has 0 aliphatic heterocycles. The molecular weight excluding hydrogens is 593 g/mol. The van der Waals surface area contributed by atoms with Gasteiger partial charge in [0, 0.05) is 38.9 Å². The molecule has 0 saturated carbocycles. The highest BCUT2D eigenvalue weighted by Crippen LogP contribution is 2.52. The van der Waals surface area contributed by atoms with Gasteiger partial charge in [-0.25, -0.2) is 0 Å². The first kappa shape index (κ1) is 29.1. The van der Waals surface area contributed by atoms with E-state index in [9.17, 15) is 0 Å². The molecule has 1 aliphatic rings. The van der Waals surface area contributed by atoms with Gasteiger partial charge in [-0.15, -0.1) is 0 Å². The quantitative estimate of drug-likeness (QED) is 0.166. The number of anilines is 3. The number of benzene rings is 7. The fourth-order valence-electron chi connectivity index (χ4n) is 7.84. The van der Waals surface area contributed by atoms with E-state index in [1.54, 1.807) is 0 Å². The van der Waals surface area contributed by atoms with E-state index in [1.807, 2.05) is 0 Å². The highest BCUT2D eigenvalue weighted by atomic mass is 15.1. The lowest BCUT2D eigenvalue weighted by Gasteiger charge is -2.25. The third kappa shape index (κ3) is 4.79. The van der Waals surface area contributed by atoms with Crippen molar-refractivity contribution in [1.82, 2.24) is 4.57 Å². The number of fused-ring (bicyclic) bond motifs is 7. The largest absolute Gasteiger partial charge is 0.311 e. The minimum atomic E-state index is -0.102. The molecular formula is C47H36N2. The first-order valence-electron chi connectivity index (χ1n) is 17.0. The second-order valence-corrected chi connectivity index (χ2v) is 13.4. The minimum absolute atomic E-state index is 0.102. The molecule has 0 bridgehead atoms. The third-order valence-corrected chi connectivity index (χ3v) is 10.2. The third-order valence-electron chi connectivity index (χ3n) is 10.2. The number of rotatable bonds is 6. The Labute approximate surface area is 287 Å². The number of hydrogen-bond acceptors (Lipinski definition) is 1. The van der Waals surface area contributed by atoms with Crippen LogP contribution in [0.2, 0.25) is 0 Å². The molecule has 0 N–H and O–H groups in total. The topological polar surface area (TPSA) is 8.17 Å². The molecule has 0 amide bonds. The molecule has 234 valence electrons. The molecule has 0 atom stereocenters. The Morgan fingerprint density at radius 1 is 0.469 bits per heavy atom. The van der Waals surface area contributed by atoms with E-state index in [2.05, 4.69) is 205 Å². The van der Waals surface area contributed by atoms with Gasteiger partial charge in [0.15, 0.2) is 0 Å². The van der Waals surface area contributed by atoms with Crippen LogP contribution in [0.1, 0.15) is 36.1 Å². The lowest BCUT2D eigenvalue weighted by molar-refractivity contribution is 0.664. The van der Waals surface area contributed by atoms with Crippen LogP contribution in [-0.2, 0) is 5.41 Å². The maximum atomic E-state index is 2.48. The number of hydrogen-bond donors (Lipinski definition) is 0. The molecule has 7 aromatic carbocycles. The Morgan fingerprint density at radius 2 is 1.02 bits per heavy atom. The zero-order valence-corrected chi connectivity index (χ0v) is 27.7. The average Bonchev–Trinajstić information content (AvgIpc) is 3.61. The van der Waals surface area contributed by atoms with Crippen LogP contribution in [0.4, 0.5) is 17.1 Å². The molecule has 1 aliphatic carbocycles. The van der Waals surface area contributed by atoms with Crippen molar-refractivity contribution in [2.24, 2.45) is 0 Å². The monoisotopic (exact) mass is 628 g/mol. The second kappa shape index (κ2) is 11.5. The summed E-state index contributed by atoms with van der Waals surface area (Å²) in [7, 11) is 0. The summed E-state index contributed by atoms with van der Waals surface area (Å²) in [5, 5.41) is 2.60. The molecule has 49 heavy (non-hydrogen) atoms. The maximum absolute atomic E-state index is 2.48. The predicted molar refractivity (Wildman–Crippen MR) is 208 cm³/mol. The predicted octanol–water partition coefficient (Wildman–Crippen LogP) is 12.7. The molecule has 0 saturated heterocycles. The van der Waals surface area contributed by atoms with Crippen LogP contribution >= 0.6 is 0 Å². The van der Waals surface area contributed by atoms with Gasteiger partial charge in [0.1, 0.15) is 0 Å². The summed E-state index contributed by atoms with van der Waals surface area (Å²) < 4.78 is 2.48. The molecule has 8 aromatic rings. The lowest BCUT2D eigenvalue weighted by atomic mass is 9.81. The highest BCUT2D eigenvalue weighted by molar-refractivity contribution is 6.13. The number of para-hydroxylation sites is 3. The molecule has 1 aromatic heterocycles. The maximum Gasteiger partial charge on any atom is 0.0588 e. The van der Waals surface area contributed by atoms with E-state index in [4.69, 9.17) is 0 Å². The van der Waals surface area contributed by atoms with E-state index in [-0.39, 0.29) is 5.41 Å². The van der Waals surface area contributed by atoms with Crippen molar-refractivity contribution in [2.45, 2.75) is 19.3 Å². The van der Waals surface area contributed by atoms with E-state index in [1.165, 1.54) is 55.3 Å². The summed E-state index contributed by atoms with van der Waals surface area (Å²) in [4.78, 5) is 2.29. The summed E-state index contributed by atoms with van der Waals surface area (Å²) in [6, 6.07) is 61.2. The zero-order valence-electron chi connectivity index (χ0n) is 27.7. The van der Waals surface area contributed by atoms with Crippen LogP contribution in [-0.4, -0.2) is 4.57 Å². The van der Waals surface area contributed by atoms with Gasteiger partial charge in [-0.2, -0.15) is 0 Å². The van der Waals surface area contributed by atoms with E-state index >= 15 is 0 Å². The first-order chi connectivity index (χ1) is 24.1. The fourth-order valence-corrected chi connectivity index (χ4v) is 7.84. The van der Waals surface area contributed by atoms with Gasteiger partial charge in [0.05, 0.1) is 11.0 Å². The first-order valence-corrected chi connectivity index (χ1v) is 17.0. The molecule has 0 spiro atoms. The Kier molecular flexibility index (Phi) is 6.84. The van der Waals surface area contributed by atoms with Gasteiger partial charge in [0.25, 0.3) is 0 Å². The zero-order chi connectivity index (χ0) is 33.0. The SMILES string of the molecule is CC1(C)c2ccccc2-c2ccc3c4ccccc4n(-c4ccc(/C=C/c5ccc(N(c6ccccc6)c6ccccc6)cc5)cc4)c3c21. The van der Waals surface area contributed by atoms with Crippen molar-refractivity contribution in [3.63, 3.8) is 0 Å². The minimum Gasteiger partial charge on any atom is -0.311 e. The van der Waals surface area contributed by atoms with Crippen LogP contribution < -0.4 is 4.90 Å². The van der Waals surface area contributed by atoms with Crippen LogP contribution in [0.3, 0.4) is 0 Å². The Balaban J connectivity index is 1.06. The number of aromatic nitrogens is 1. The standard InChI is InChI=1S/C47H36N2/c1-47(2)43-19-11-9-17-39(43)41-31-32-42-40-18-10-12-20-44(40)49(46(42)45(41)47)38-29-25-34(26-30-38)22-21-33-23-27-37(28-24-33)48(35-13-5-3-6-14-35)36-15-7-4-8-16-36/h3-32H,1-2H3/b22-21+. The Hall–Kier alpha value is -6.12. The van der Waals surface area contributed by atoms with Crippen molar-refractivity contribution < 1.29 is 0 Å². The van der Waals surface area contributed by atoms with E-state index < -0.39 is 0 Å². The summed E-state index contributed by atoms with van der Waals surface area (Å²) in [6.07, 6.45) is 4.40. The summed E-state index contributed by atoms with van der Waals surface area (Å²) in [5.41, 5.74) is 14.9. The van der Waals surface area contributed by atoms with Gasteiger partial charge in [-0.1, -0.05) is 141 Å². The summed E-state index contributed by atoms with van der Waals surface area (Å²) in [6.45, 7) is 4.75. The van der Waals surface area contributed by atoms with Crippen LogP contribution in [0.15, 0.2) is 170 Å². The molecule has 0 fully saturated rings. The van der Waals surface area contributed by atoms with Crippen LogP contribution in [0, 0.1) is 0 Å². The second-order valence-electron chi connectivity index (χ2n) is 13.4. The van der Waals surface area contributed by atoms with Crippen LogP contribution in [0.25, 0.3) is 50.8 Å². The van der Waals surface area contributed by atoms with Crippen molar-refractivity contribution in [2.75, 3.05) is 4.90 Å². The molecule has 0 unspecified atom stereocenters. The molecule has 2 heteroatoms. The van der Waals surface area contributed by atoms with E-state index in [0.717, 1.165) is 22.6 Å². The summed E-state index contributed by atoms with van der Waals surface area (Å²) in [5.74, 6) is 0. The summed E-state index contributed by atoms with van der Waals surface area (Å²) >= 11 is 0. The Bertz CT molecular complexity index is 2440. The molecule has 0 radical (unpaired) electrons. The Morgan fingerprint density at radius 3 is 1.69 bits per heavy atom. The van der Waals surface area contributed by atoms with Gasteiger partial charge in [-0.3, -0.25) is 0 Å². The van der Waals surface area contributed by atoms with Gasteiger partial charge in [0.2, 0.25) is 0 Å². The van der Waals surface area contributed by atoms with Gasteiger partial charge >= 0.3 is 0 Å². The lowest BCUT2D eigenvalue weighted by Crippen LogP contribution is -2.16. The van der Waals surface area contributed by atoms with Gasteiger partial charge in [-0.05, 0) is 88.0 Å². The molecule has 9 rings (SSSR count). The average molecular weight is 629 g/mol. The smallest absolute Gasteiger partial charge is 0.0588 e. The molecule has 1 heterocycles. The molecule has 2 nitrogen and oxygen atoms in total. The highest BCUT2D eigenvalue weighted by Gasteiger charge is 2.38. The number of nitrogens with zero attached hydrogens (tertiary/aromatic N) is 2. The van der Waals surface area contributed by atoms with Crippen molar-refractivity contribution in [1.29, 1.82) is 0 Å². The normalized spacial score (nSPS) is 13.2. The fraction of sp³-hybridized carbons (Fsp3) is 0.0638. The van der Waals surface area contributed by atoms with Crippen molar-refractivity contribution in [3.05, 3.63) is 192 Å². The van der Waals surface area contributed by atoms with Crippen molar-refractivity contribution in [3.8, 4) is 16.8 Å². The van der Waals surface area contributed by atoms with Gasteiger partial charge < -0.3 is 9.47 Å². The van der Waals surface area contributed by atoms with Crippen molar-refractivity contribution >= 4 is 51.0 Å².